The zero-order chi connectivity index (χ0) is 16.6. The molecule has 5 nitrogen and oxygen atoms in total. The summed E-state index contributed by atoms with van der Waals surface area (Å²) in [5.74, 6) is 1.22. The minimum absolute atomic E-state index is 0.522. The Kier molecular flexibility index (Phi) is 3.03. The van der Waals surface area contributed by atoms with E-state index >= 15 is 0 Å². The largest absolute Gasteiger partial charge is 0.464 e. The molecule has 0 spiro atoms. The van der Waals surface area contributed by atoms with E-state index in [1.54, 1.807) is 24.9 Å². The molecule has 0 saturated carbocycles. The van der Waals surface area contributed by atoms with Crippen molar-refractivity contribution in [3.05, 3.63) is 73.5 Å². The molecule has 120 valence electrons. The molecule has 0 aliphatic heterocycles. The molecule has 5 rings (SSSR count). The third-order valence-corrected chi connectivity index (χ3v) is 4.07. The maximum Gasteiger partial charge on any atom is 0.230 e. The third-order valence-electron chi connectivity index (χ3n) is 4.07. The number of aromatic nitrogens is 2. The van der Waals surface area contributed by atoms with Gasteiger partial charge in [0.1, 0.15) is 16.9 Å². The maximum atomic E-state index is 5.90. The second kappa shape index (κ2) is 5.49. The van der Waals surface area contributed by atoms with Gasteiger partial charge in [-0.2, -0.15) is 0 Å². The minimum Gasteiger partial charge on any atom is -0.464 e. The summed E-state index contributed by atoms with van der Waals surface area (Å²) in [7, 11) is 0. The fraction of sp³-hybridized carbons (Fsp3) is 0. The molecule has 0 atom stereocenters. The average molecular weight is 328 g/mol. The molecule has 0 N–H and O–H groups in total. The van der Waals surface area contributed by atoms with Crippen molar-refractivity contribution in [3.63, 3.8) is 0 Å². The molecule has 5 aromatic rings. The number of rotatable bonds is 3. The SMILES string of the molecule is c1cc2occc2c(Oc2ccc(-c3nccc4occc34)cc2)n1. The van der Waals surface area contributed by atoms with E-state index in [1.165, 1.54) is 0 Å². The molecule has 0 amide bonds. The smallest absolute Gasteiger partial charge is 0.230 e. The van der Waals surface area contributed by atoms with Gasteiger partial charge in [0, 0.05) is 23.3 Å². The number of hydrogen-bond donors (Lipinski definition) is 0. The third kappa shape index (κ3) is 2.33. The summed E-state index contributed by atoms with van der Waals surface area (Å²) in [6.07, 6.45) is 6.71. The first kappa shape index (κ1) is 13.8. The minimum atomic E-state index is 0.522. The van der Waals surface area contributed by atoms with E-state index in [-0.39, 0.29) is 0 Å². The summed E-state index contributed by atoms with van der Waals surface area (Å²) in [6.45, 7) is 0. The summed E-state index contributed by atoms with van der Waals surface area (Å²) in [6, 6.07) is 15.2. The molecular formula is C20H12N2O3. The molecule has 0 bridgehead atoms. The van der Waals surface area contributed by atoms with Crippen LogP contribution in [-0.2, 0) is 0 Å². The molecule has 25 heavy (non-hydrogen) atoms. The lowest BCUT2D eigenvalue weighted by Crippen LogP contribution is -1.89. The fourth-order valence-electron chi connectivity index (χ4n) is 2.87. The van der Waals surface area contributed by atoms with Gasteiger partial charge in [-0.15, -0.1) is 0 Å². The highest BCUT2D eigenvalue weighted by Gasteiger charge is 2.10. The van der Waals surface area contributed by atoms with Crippen LogP contribution in [0.2, 0.25) is 0 Å². The highest BCUT2D eigenvalue weighted by atomic mass is 16.5. The van der Waals surface area contributed by atoms with Crippen molar-refractivity contribution in [2.24, 2.45) is 0 Å². The van der Waals surface area contributed by atoms with E-state index in [2.05, 4.69) is 9.97 Å². The Balaban J connectivity index is 1.49. The van der Waals surface area contributed by atoms with Crippen molar-refractivity contribution in [2.75, 3.05) is 0 Å². The summed E-state index contributed by atoms with van der Waals surface area (Å²) in [5.41, 5.74) is 3.44. The van der Waals surface area contributed by atoms with Gasteiger partial charge in [-0.05, 0) is 48.5 Å². The van der Waals surface area contributed by atoms with Gasteiger partial charge in [0.25, 0.3) is 0 Å². The van der Waals surface area contributed by atoms with Crippen molar-refractivity contribution < 1.29 is 13.6 Å². The Morgan fingerprint density at radius 1 is 0.680 bits per heavy atom. The standard InChI is InChI=1S/C20H12N2O3/c1-3-14(25-20-16-8-12-24-18(16)6-10-22-20)4-2-13(1)19-15-7-11-23-17(15)5-9-21-19/h1-12H. The van der Waals surface area contributed by atoms with Gasteiger partial charge in [0.05, 0.1) is 23.6 Å². The van der Waals surface area contributed by atoms with Gasteiger partial charge >= 0.3 is 0 Å². The monoisotopic (exact) mass is 328 g/mol. The van der Waals surface area contributed by atoms with Gasteiger partial charge in [-0.3, -0.25) is 4.98 Å². The van der Waals surface area contributed by atoms with Crippen LogP contribution >= 0.6 is 0 Å². The van der Waals surface area contributed by atoms with Crippen molar-refractivity contribution in [1.82, 2.24) is 9.97 Å². The number of ether oxygens (including phenoxy) is 1. The van der Waals surface area contributed by atoms with Crippen LogP contribution in [0.4, 0.5) is 0 Å². The number of furan rings is 2. The predicted octanol–water partition coefficient (Wildman–Crippen LogP) is 5.43. The zero-order valence-electron chi connectivity index (χ0n) is 13.0. The summed E-state index contributed by atoms with van der Waals surface area (Å²) >= 11 is 0. The summed E-state index contributed by atoms with van der Waals surface area (Å²) in [5, 5.41) is 1.83. The van der Waals surface area contributed by atoms with Crippen LogP contribution < -0.4 is 4.74 Å². The molecule has 0 aliphatic carbocycles. The van der Waals surface area contributed by atoms with Crippen LogP contribution in [0.3, 0.4) is 0 Å². The van der Waals surface area contributed by atoms with Crippen molar-refractivity contribution in [3.8, 4) is 22.9 Å². The second-order valence-corrected chi connectivity index (χ2v) is 5.57. The Morgan fingerprint density at radius 2 is 1.36 bits per heavy atom. The van der Waals surface area contributed by atoms with Gasteiger partial charge in [0.15, 0.2) is 0 Å². The zero-order valence-corrected chi connectivity index (χ0v) is 13.0. The molecule has 0 radical (unpaired) electrons. The van der Waals surface area contributed by atoms with Gasteiger partial charge in [-0.25, -0.2) is 4.98 Å². The Morgan fingerprint density at radius 3 is 2.16 bits per heavy atom. The van der Waals surface area contributed by atoms with Crippen LogP contribution in [0.25, 0.3) is 33.2 Å². The van der Waals surface area contributed by atoms with Crippen LogP contribution in [0.1, 0.15) is 0 Å². The summed E-state index contributed by atoms with van der Waals surface area (Å²) in [4.78, 5) is 8.75. The van der Waals surface area contributed by atoms with Crippen molar-refractivity contribution in [1.29, 1.82) is 0 Å². The first-order valence-electron chi connectivity index (χ1n) is 7.81. The lowest BCUT2D eigenvalue weighted by Gasteiger charge is -2.07. The molecular weight excluding hydrogens is 316 g/mol. The Hall–Kier alpha value is -3.60. The highest BCUT2D eigenvalue weighted by molar-refractivity contribution is 5.91. The second-order valence-electron chi connectivity index (χ2n) is 5.57. The van der Waals surface area contributed by atoms with Gasteiger partial charge in [-0.1, -0.05) is 0 Å². The van der Waals surface area contributed by atoms with Gasteiger partial charge < -0.3 is 13.6 Å². The number of benzene rings is 1. The Bertz CT molecular complexity index is 1170. The fourth-order valence-corrected chi connectivity index (χ4v) is 2.87. The lowest BCUT2D eigenvalue weighted by atomic mass is 10.1. The van der Waals surface area contributed by atoms with E-state index in [0.29, 0.717) is 11.6 Å². The molecule has 0 saturated heterocycles. The Labute approximate surface area is 142 Å². The van der Waals surface area contributed by atoms with E-state index < -0.39 is 0 Å². The predicted molar refractivity (Wildman–Crippen MR) is 93.5 cm³/mol. The van der Waals surface area contributed by atoms with Crippen molar-refractivity contribution in [2.45, 2.75) is 0 Å². The topological polar surface area (TPSA) is 61.3 Å². The summed E-state index contributed by atoms with van der Waals surface area (Å²) < 4.78 is 16.7. The molecule has 4 heterocycles. The van der Waals surface area contributed by atoms with Crippen LogP contribution in [0.5, 0.6) is 11.6 Å². The highest BCUT2D eigenvalue weighted by Crippen LogP contribution is 2.31. The van der Waals surface area contributed by atoms with Crippen LogP contribution in [0.15, 0.2) is 82.3 Å². The maximum absolute atomic E-state index is 5.90. The molecule has 4 aromatic heterocycles. The normalized spacial score (nSPS) is 11.2. The molecule has 0 aliphatic rings. The molecule has 0 fully saturated rings. The number of pyridine rings is 2. The number of fused-ring (bicyclic) bond motifs is 2. The van der Waals surface area contributed by atoms with E-state index in [0.717, 1.165) is 33.2 Å². The van der Waals surface area contributed by atoms with E-state index in [4.69, 9.17) is 13.6 Å². The first-order chi connectivity index (χ1) is 12.4. The molecule has 0 unspecified atom stereocenters. The molecule has 1 aromatic carbocycles. The van der Waals surface area contributed by atoms with Gasteiger partial charge in [0.2, 0.25) is 5.88 Å². The van der Waals surface area contributed by atoms with Crippen molar-refractivity contribution >= 4 is 21.9 Å². The van der Waals surface area contributed by atoms with E-state index in [1.807, 2.05) is 48.5 Å². The van der Waals surface area contributed by atoms with E-state index in [9.17, 15) is 0 Å². The first-order valence-corrected chi connectivity index (χ1v) is 7.81. The van der Waals surface area contributed by atoms with Crippen LogP contribution in [-0.4, -0.2) is 9.97 Å². The number of hydrogen-bond acceptors (Lipinski definition) is 5. The molecule has 5 heteroatoms. The van der Waals surface area contributed by atoms with Crippen LogP contribution in [0, 0.1) is 0 Å². The number of nitrogens with zero attached hydrogens (tertiary/aromatic N) is 2. The average Bonchev–Trinajstić information content (AvgIpc) is 3.32. The quantitative estimate of drug-likeness (QED) is 0.442. The lowest BCUT2D eigenvalue weighted by molar-refractivity contribution is 0.469.